The molecule has 0 saturated carbocycles. The molecule has 0 radical (unpaired) electrons. The minimum absolute atomic E-state index is 0.0283. The van der Waals surface area contributed by atoms with Crippen LogP contribution in [0.15, 0.2) is 54.6 Å². The summed E-state index contributed by atoms with van der Waals surface area (Å²) in [6, 6.07) is 19.5. The van der Waals surface area contributed by atoms with Crippen LogP contribution in [-0.4, -0.2) is 43.4 Å². The number of ether oxygens (including phenoxy) is 2. The van der Waals surface area contributed by atoms with Gasteiger partial charge >= 0.3 is 0 Å². The molecular formula is C21H25NO2. The SMILES string of the molecule is c1ccc(-c2ccc(CN3CCOC4(CCOCC4)C3)cc2)cc1. The lowest BCUT2D eigenvalue weighted by molar-refractivity contribution is -0.155. The van der Waals surface area contributed by atoms with Crippen molar-refractivity contribution in [2.75, 3.05) is 32.9 Å². The average molecular weight is 323 g/mol. The van der Waals surface area contributed by atoms with Crippen molar-refractivity contribution in [3.63, 3.8) is 0 Å². The maximum atomic E-state index is 6.13. The van der Waals surface area contributed by atoms with E-state index in [0.29, 0.717) is 0 Å². The highest BCUT2D eigenvalue weighted by Crippen LogP contribution is 2.30. The number of benzene rings is 2. The molecule has 2 aromatic carbocycles. The Morgan fingerprint density at radius 1 is 0.833 bits per heavy atom. The summed E-state index contributed by atoms with van der Waals surface area (Å²) in [5.41, 5.74) is 3.96. The van der Waals surface area contributed by atoms with Crippen LogP contribution in [0.3, 0.4) is 0 Å². The fraction of sp³-hybridized carbons (Fsp3) is 0.429. The highest BCUT2D eigenvalue weighted by molar-refractivity contribution is 5.63. The third kappa shape index (κ3) is 3.54. The molecule has 3 heteroatoms. The molecular weight excluding hydrogens is 298 g/mol. The van der Waals surface area contributed by atoms with E-state index in [1.165, 1.54) is 16.7 Å². The number of hydrogen-bond acceptors (Lipinski definition) is 3. The Morgan fingerprint density at radius 3 is 2.29 bits per heavy atom. The van der Waals surface area contributed by atoms with Crippen molar-refractivity contribution in [3.05, 3.63) is 60.2 Å². The van der Waals surface area contributed by atoms with E-state index < -0.39 is 0 Å². The first-order valence-corrected chi connectivity index (χ1v) is 8.92. The standard InChI is InChI=1S/C21H25NO2/c1-2-4-19(5-3-1)20-8-6-18(7-9-20)16-22-12-15-24-21(17-22)10-13-23-14-11-21/h1-9H,10-17H2. The number of morpholine rings is 1. The Balaban J connectivity index is 1.41. The zero-order valence-corrected chi connectivity index (χ0v) is 14.1. The zero-order valence-electron chi connectivity index (χ0n) is 14.1. The summed E-state index contributed by atoms with van der Waals surface area (Å²) in [5, 5.41) is 0. The number of rotatable bonds is 3. The van der Waals surface area contributed by atoms with Gasteiger partial charge in [-0.3, -0.25) is 4.90 Å². The third-order valence-corrected chi connectivity index (χ3v) is 5.20. The molecule has 4 rings (SSSR count). The molecule has 0 atom stereocenters. The first kappa shape index (κ1) is 15.8. The fourth-order valence-corrected chi connectivity index (χ4v) is 3.80. The Hall–Kier alpha value is -1.68. The lowest BCUT2D eigenvalue weighted by Crippen LogP contribution is -2.54. The molecule has 2 fully saturated rings. The Bertz CT molecular complexity index is 642. The van der Waals surface area contributed by atoms with Crippen LogP contribution in [0.25, 0.3) is 11.1 Å². The van der Waals surface area contributed by atoms with E-state index in [0.717, 1.165) is 52.3 Å². The van der Waals surface area contributed by atoms with Crippen LogP contribution in [-0.2, 0) is 16.0 Å². The van der Waals surface area contributed by atoms with Gasteiger partial charge in [-0.25, -0.2) is 0 Å². The zero-order chi connectivity index (χ0) is 16.2. The third-order valence-electron chi connectivity index (χ3n) is 5.20. The summed E-state index contributed by atoms with van der Waals surface area (Å²) >= 11 is 0. The molecule has 2 aliphatic heterocycles. The molecule has 2 heterocycles. The molecule has 0 unspecified atom stereocenters. The van der Waals surface area contributed by atoms with Crippen molar-refractivity contribution >= 4 is 0 Å². The van der Waals surface area contributed by atoms with E-state index in [9.17, 15) is 0 Å². The van der Waals surface area contributed by atoms with Crippen LogP contribution in [0.5, 0.6) is 0 Å². The summed E-state index contributed by atoms with van der Waals surface area (Å²) in [5.74, 6) is 0. The van der Waals surface area contributed by atoms with Crippen LogP contribution >= 0.6 is 0 Å². The van der Waals surface area contributed by atoms with E-state index in [-0.39, 0.29) is 5.60 Å². The van der Waals surface area contributed by atoms with Gasteiger partial charge in [0.25, 0.3) is 0 Å². The molecule has 0 bridgehead atoms. The second-order valence-corrected chi connectivity index (χ2v) is 6.92. The first-order valence-electron chi connectivity index (χ1n) is 8.92. The summed E-state index contributed by atoms with van der Waals surface area (Å²) in [7, 11) is 0. The van der Waals surface area contributed by atoms with Gasteiger partial charge in [0, 0.05) is 45.7 Å². The normalized spacial score (nSPS) is 21.0. The second-order valence-electron chi connectivity index (χ2n) is 6.92. The molecule has 2 saturated heterocycles. The molecule has 0 aliphatic carbocycles. The maximum Gasteiger partial charge on any atom is 0.0853 e. The minimum Gasteiger partial charge on any atom is -0.381 e. The molecule has 0 N–H and O–H groups in total. The minimum atomic E-state index is 0.0283. The molecule has 24 heavy (non-hydrogen) atoms. The molecule has 3 nitrogen and oxygen atoms in total. The van der Waals surface area contributed by atoms with Gasteiger partial charge in [0.1, 0.15) is 0 Å². The molecule has 1 spiro atoms. The highest BCUT2D eigenvalue weighted by Gasteiger charge is 2.38. The number of nitrogens with zero attached hydrogens (tertiary/aromatic N) is 1. The Morgan fingerprint density at radius 2 is 1.54 bits per heavy atom. The fourth-order valence-electron chi connectivity index (χ4n) is 3.80. The summed E-state index contributed by atoms with van der Waals surface area (Å²) < 4.78 is 11.6. The van der Waals surface area contributed by atoms with E-state index in [1.807, 2.05) is 0 Å². The molecule has 2 aromatic rings. The predicted octanol–water partition coefficient (Wildman–Crippen LogP) is 3.74. The van der Waals surface area contributed by atoms with Gasteiger partial charge < -0.3 is 9.47 Å². The monoisotopic (exact) mass is 323 g/mol. The smallest absolute Gasteiger partial charge is 0.0853 e. The van der Waals surface area contributed by atoms with Crippen LogP contribution < -0.4 is 0 Å². The van der Waals surface area contributed by atoms with Crippen molar-refractivity contribution in [1.29, 1.82) is 0 Å². The van der Waals surface area contributed by atoms with Crippen molar-refractivity contribution in [1.82, 2.24) is 4.90 Å². The van der Waals surface area contributed by atoms with Crippen LogP contribution in [0.1, 0.15) is 18.4 Å². The number of hydrogen-bond donors (Lipinski definition) is 0. The summed E-state index contributed by atoms with van der Waals surface area (Å²) in [6.45, 7) is 5.54. The van der Waals surface area contributed by atoms with Gasteiger partial charge in [-0.15, -0.1) is 0 Å². The molecule has 0 aromatic heterocycles. The Kier molecular flexibility index (Phi) is 4.65. The predicted molar refractivity (Wildman–Crippen MR) is 95.9 cm³/mol. The van der Waals surface area contributed by atoms with Crippen LogP contribution in [0, 0.1) is 0 Å². The van der Waals surface area contributed by atoms with E-state index in [4.69, 9.17) is 9.47 Å². The van der Waals surface area contributed by atoms with E-state index in [1.54, 1.807) is 0 Å². The topological polar surface area (TPSA) is 21.7 Å². The summed E-state index contributed by atoms with van der Waals surface area (Å²) in [6.07, 6.45) is 2.05. The van der Waals surface area contributed by atoms with Crippen molar-refractivity contribution in [3.8, 4) is 11.1 Å². The molecule has 0 amide bonds. The lowest BCUT2D eigenvalue weighted by Gasteiger charge is -2.44. The van der Waals surface area contributed by atoms with Crippen LogP contribution in [0.2, 0.25) is 0 Å². The van der Waals surface area contributed by atoms with Gasteiger partial charge in [-0.2, -0.15) is 0 Å². The summed E-state index contributed by atoms with van der Waals surface area (Å²) in [4.78, 5) is 2.53. The largest absolute Gasteiger partial charge is 0.381 e. The van der Waals surface area contributed by atoms with E-state index >= 15 is 0 Å². The quantitative estimate of drug-likeness (QED) is 0.859. The Labute approximate surface area is 144 Å². The molecule has 126 valence electrons. The maximum absolute atomic E-state index is 6.13. The van der Waals surface area contributed by atoms with Crippen molar-refractivity contribution in [2.45, 2.75) is 25.0 Å². The van der Waals surface area contributed by atoms with Gasteiger partial charge in [0.15, 0.2) is 0 Å². The first-order chi connectivity index (χ1) is 11.8. The van der Waals surface area contributed by atoms with Crippen molar-refractivity contribution < 1.29 is 9.47 Å². The van der Waals surface area contributed by atoms with Crippen molar-refractivity contribution in [2.24, 2.45) is 0 Å². The van der Waals surface area contributed by atoms with E-state index in [2.05, 4.69) is 59.5 Å². The van der Waals surface area contributed by atoms with Gasteiger partial charge in [0.05, 0.1) is 12.2 Å². The van der Waals surface area contributed by atoms with Gasteiger partial charge in [0.2, 0.25) is 0 Å². The highest BCUT2D eigenvalue weighted by atomic mass is 16.5. The van der Waals surface area contributed by atoms with Crippen LogP contribution in [0.4, 0.5) is 0 Å². The second kappa shape index (κ2) is 7.06. The van der Waals surface area contributed by atoms with Gasteiger partial charge in [-0.05, 0) is 16.7 Å². The molecule has 2 aliphatic rings. The average Bonchev–Trinajstić information content (AvgIpc) is 2.64. The lowest BCUT2D eigenvalue weighted by atomic mass is 9.92. The van der Waals surface area contributed by atoms with Gasteiger partial charge in [-0.1, -0.05) is 54.6 Å².